The van der Waals surface area contributed by atoms with Gasteiger partial charge in [0.1, 0.15) is 0 Å². The van der Waals surface area contributed by atoms with E-state index in [0.717, 1.165) is 24.2 Å². The molecule has 0 aromatic heterocycles. The van der Waals surface area contributed by atoms with E-state index in [1.165, 1.54) is 9.80 Å². The van der Waals surface area contributed by atoms with Crippen LogP contribution >= 0.6 is 11.8 Å². The smallest absolute Gasteiger partial charge is 0.0776 e. The first kappa shape index (κ1) is 11.8. The molecule has 1 aromatic rings. The molecule has 3 rings (SSSR count). The minimum atomic E-state index is 0.230. The van der Waals surface area contributed by atoms with E-state index >= 15 is 0 Å². The number of thioether (sulfide) groups is 1. The van der Waals surface area contributed by atoms with Crippen LogP contribution in [0.1, 0.15) is 26.7 Å². The van der Waals surface area contributed by atoms with Crippen molar-refractivity contribution in [2.45, 2.75) is 31.6 Å². The van der Waals surface area contributed by atoms with E-state index in [1.54, 1.807) is 0 Å². The van der Waals surface area contributed by atoms with E-state index in [2.05, 4.69) is 50.3 Å². The minimum absolute atomic E-state index is 0.230. The third-order valence-electron chi connectivity index (χ3n) is 3.89. The van der Waals surface area contributed by atoms with Crippen LogP contribution in [-0.2, 0) is 0 Å². The number of benzene rings is 1. The lowest BCUT2D eigenvalue weighted by molar-refractivity contribution is 0.454. The number of hydrogen-bond donors (Lipinski definition) is 0. The first-order chi connectivity index (χ1) is 8.76. The van der Waals surface area contributed by atoms with Crippen LogP contribution in [0, 0.1) is 5.41 Å². The molecule has 92 valence electrons. The highest BCUT2D eigenvalue weighted by Crippen LogP contribution is 2.45. The van der Waals surface area contributed by atoms with Crippen molar-refractivity contribution < 1.29 is 0 Å². The van der Waals surface area contributed by atoms with Crippen molar-refractivity contribution in [1.82, 2.24) is 0 Å². The summed E-state index contributed by atoms with van der Waals surface area (Å²) in [5, 5.41) is 0. The van der Waals surface area contributed by atoms with Gasteiger partial charge in [-0.1, -0.05) is 49.9 Å². The molecule has 18 heavy (non-hydrogen) atoms. The number of allylic oxidation sites excluding steroid dienone is 4. The highest BCUT2D eigenvalue weighted by Gasteiger charge is 2.28. The predicted octanol–water partition coefficient (Wildman–Crippen LogP) is 5.12. The van der Waals surface area contributed by atoms with Gasteiger partial charge in [-0.3, -0.25) is 0 Å². The molecule has 2 aliphatic rings. The van der Waals surface area contributed by atoms with Crippen LogP contribution in [0.25, 0.3) is 0 Å². The van der Waals surface area contributed by atoms with Gasteiger partial charge in [0.05, 0.1) is 11.4 Å². The average Bonchev–Trinajstić information content (AvgIpc) is 2.44. The molecule has 0 atom stereocenters. The SMILES string of the molecule is CCC1(CC)C=CC2=Nc3ccccc3SC2=C1. The van der Waals surface area contributed by atoms with Gasteiger partial charge in [-0.2, -0.15) is 0 Å². The van der Waals surface area contributed by atoms with Crippen LogP contribution in [-0.4, -0.2) is 5.71 Å². The zero-order chi connectivity index (χ0) is 12.6. The zero-order valence-electron chi connectivity index (χ0n) is 10.8. The van der Waals surface area contributed by atoms with Crippen LogP contribution < -0.4 is 0 Å². The lowest BCUT2D eigenvalue weighted by Gasteiger charge is -2.30. The van der Waals surface area contributed by atoms with Crippen LogP contribution in [0.4, 0.5) is 5.69 Å². The first-order valence-electron chi connectivity index (χ1n) is 6.54. The highest BCUT2D eigenvalue weighted by atomic mass is 32.2. The average molecular weight is 255 g/mol. The molecule has 0 saturated carbocycles. The van der Waals surface area contributed by atoms with Gasteiger partial charge in [-0.05, 0) is 31.1 Å². The van der Waals surface area contributed by atoms with Crippen molar-refractivity contribution in [2.24, 2.45) is 10.4 Å². The molecule has 0 unspecified atom stereocenters. The van der Waals surface area contributed by atoms with Crippen molar-refractivity contribution in [3.05, 3.63) is 47.4 Å². The van der Waals surface area contributed by atoms with Crippen LogP contribution in [0.5, 0.6) is 0 Å². The Morgan fingerprint density at radius 2 is 1.94 bits per heavy atom. The van der Waals surface area contributed by atoms with E-state index in [4.69, 9.17) is 4.99 Å². The van der Waals surface area contributed by atoms with Gasteiger partial charge in [-0.25, -0.2) is 4.99 Å². The van der Waals surface area contributed by atoms with E-state index in [0.29, 0.717) is 0 Å². The van der Waals surface area contributed by atoms with Crippen molar-refractivity contribution in [3.8, 4) is 0 Å². The molecular weight excluding hydrogens is 238 g/mol. The molecule has 2 heteroatoms. The van der Waals surface area contributed by atoms with E-state index in [-0.39, 0.29) is 5.41 Å². The molecule has 0 bridgehead atoms. The number of para-hydroxylation sites is 1. The quantitative estimate of drug-likeness (QED) is 0.714. The summed E-state index contributed by atoms with van der Waals surface area (Å²) >= 11 is 1.85. The Morgan fingerprint density at radius 1 is 1.17 bits per heavy atom. The van der Waals surface area contributed by atoms with Gasteiger partial charge in [0, 0.05) is 15.2 Å². The Bertz CT molecular complexity index is 562. The third-order valence-corrected chi connectivity index (χ3v) is 5.00. The van der Waals surface area contributed by atoms with Crippen molar-refractivity contribution in [1.29, 1.82) is 0 Å². The van der Waals surface area contributed by atoms with E-state index < -0.39 is 0 Å². The summed E-state index contributed by atoms with van der Waals surface area (Å²) in [6.45, 7) is 4.52. The van der Waals surface area contributed by atoms with Gasteiger partial charge in [0.25, 0.3) is 0 Å². The van der Waals surface area contributed by atoms with Crippen molar-refractivity contribution in [3.63, 3.8) is 0 Å². The molecule has 0 amide bonds. The highest BCUT2D eigenvalue weighted by molar-refractivity contribution is 8.04. The molecule has 0 spiro atoms. The number of nitrogens with zero attached hydrogens (tertiary/aromatic N) is 1. The largest absolute Gasteiger partial charge is 0.247 e. The Kier molecular flexibility index (Phi) is 2.90. The standard InChI is InChI=1S/C16H17NS/c1-3-16(4-2)10-9-13-15(11-16)18-14-8-6-5-7-12(14)17-13/h5-11H,3-4H2,1-2H3. The van der Waals surface area contributed by atoms with Crippen LogP contribution in [0.2, 0.25) is 0 Å². The first-order valence-corrected chi connectivity index (χ1v) is 7.36. The Labute approximate surface area is 113 Å². The number of fused-ring (bicyclic) bond motifs is 2. The summed E-state index contributed by atoms with van der Waals surface area (Å²) in [6.07, 6.45) is 9.24. The molecule has 1 aromatic carbocycles. The van der Waals surface area contributed by atoms with Gasteiger partial charge < -0.3 is 0 Å². The fraction of sp³-hybridized carbons (Fsp3) is 0.312. The predicted molar refractivity (Wildman–Crippen MR) is 79.6 cm³/mol. The lowest BCUT2D eigenvalue weighted by Crippen LogP contribution is -2.19. The monoisotopic (exact) mass is 255 g/mol. The molecule has 0 saturated heterocycles. The summed E-state index contributed by atoms with van der Waals surface area (Å²) < 4.78 is 0. The zero-order valence-corrected chi connectivity index (χ0v) is 11.6. The molecule has 1 aliphatic carbocycles. The number of hydrogen-bond acceptors (Lipinski definition) is 2. The second-order valence-corrected chi connectivity index (χ2v) is 5.93. The lowest BCUT2D eigenvalue weighted by atomic mass is 9.79. The summed E-state index contributed by atoms with van der Waals surface area (Å²) in [5.74, 6) is 0. The molecule has 1 nitrogen and oxygen atoms in total. The number of rotatable bonds is 2. The summed E-state index contributed by atoms with van der Waals surface area (Å²) in [5.41, 5.74) is 2.45. The van der Waals surface area contributed by atoms with Gasteiger partial charge in [-0.15, -0.1) is 0 Å². The topological polar surface area (TPSA) is 12.4 Å². The maximum Gasteiger partial charge on any atom is 0.0776 e. The van der Waals surface area contributed by atoms with Crippen molar-refractivity contribution in [2.75, 3.05) is 0 Å². The van der Waals surface area contributed by atoms with Gasteiger partial charge in [0.15, 0.2) is 0 Å². The van der Waals surface area contributed by atoms with Gasteiger partial charge >= 0.3 is 0 Å². The van der Waals surface area contributed by atoms with Gasteiger partial charge in [0.2, 0.25) is 0 Å². The summed E-state index contributed by atoms with van der Waals surface area (Å²) in [7, 11) is 0. The van der Waals surface area contributed by atoms with Crippen molar-refractivity contribution >= 4 is 23.2 Å². The second kappa shape index (κ2) is 4.43. The van der Waals surface area contributed by atoms with E-state index in [9.17, 15) is 0 Å². The third kappa shape index (κ3) is 1.85. The molecule has 0 N–H and O–H groups in total. The maximum atomic E-state index is 4.74. The normalized spacial score (nSPS) is 19.7. The molecule has 1 heterocycles. The molecular formula is C16H17NS. The van der Waals surface area contributed by atoms with E-state index in [1.807, 2.05) is 17.8 Å². The van der Waals surface area contributed by atoms with Crippen LogP contribution in [0.15, 0.2) is 57.3 Å². The Balaban J connectivity index is 2.06. The second-order valence-electron chi connectivity index (χ2n) is 4.85. The molecule has 1 aliphatic heterocycles. The number of aliphatic imine (C=N–C) groups is 1. The Morgan fingerprint density at radius 3 is 2.72 bits per heavy atom. The molecule has 0 fully saturated rings. The fourth-order valence-electron chi connectivity index (χ4n) is 2.46. The maximum absolute atomic E-state index is 4.74. The molecule has 0 radical (unpaired) electrons. The van der Waals surface area contributed by atoms with Crippen LogP contribution in [0.3, 0.4) is 0 Å². The minimum Gasteiger partial charge on any atom is -0.247 e. The summed E-state index contributed by atoms with van der Waals surface area (Å²) in [6, 6.07) is 8.37. The fourth-order valence-corrected chi connectivity index (χ4v) is 3.57. The Hall–Kier alpha value is -1.28. The summed E-state index contributed by atoms with van der Waals surface area (Å²) in [4.78, 5) is 7.33.